The number of carbonyl (C=O) groups is 1. The third-order valence-corrected chi connectivity index (χ3v) is 5.00. The summed E-state index contributed by atoms with van der Waals surface area (Å²) in [5, 5.41) is 10.8. The van der Waals surface area contributed by atoms with Gasteiger partial charge in [0.15, 0.2) is 0 Å². The molecule has 2 aromatic rings. The molecule has 2 heterocycles. The Bertz CT molecular complexity index is 667. The third kappa shape index (κ3) is 4.82. The molecule has 5 nitrogen and oxygen atoms in total. The van der Waals surface area contributed by atoms with Crippen molar-refractivity contribution in [2.45, 2.75) is 18.9 Å². The van der Waals surface area contributed by atoms with Crippen LogP contribution in [-0.2, 0) is 11.2 Å². The molecule has 128 valence electrons. The molecule has 0 aliphatic carbocycles. The van der Waals surface area contributed by atoms with Crippen molar-refractivity contribution in [2.24, 2.45) is 0 Å². The monoisotopic (exact) mass is 348 g/mol. The van der Waals surface area contributed by atoms with Crippen LogP contribution in [0.2, 0.25) is 0 Å². The van der Waals surface area contributed by atoms with Crippen molar-refractivity contribution in [1.29, 1.82) is 0 Å². The van der Waals surface area contributed by atoms with E-state index in [2.05, 4.69) is 15.7 Å². The molecule has 7 heteroatoms. The van der Waals surface area contributed by atoms with E-state index in [1.807, 2.05) is 24.0 Å². The quantitative estimate of drug-likeness (QED) is 0.835. The minimum Gasteiger partial charge on any atom is -0.356 e. The van der Waals surface area contributed by atoms with Crippen LogP contribution >= 0.6 is 11.8 Å². The molecule has 0 bridgehead atoms. The van der Waals surface area contributed by atoms with Crippen LogP contribution in [0.1, 0.15) is 12.1 Å². The van der Waals surface area contributed by atoms with Crippen molar-refractivity contribution in [3.8, 4) is 5.69 Å². The summed E-state index contributed by atoms with van der Waals surface area (Å²) >= 11 is 1.89. The second-order valence-corrected chi connectivity index (χ2v) is 6.91. The Morgan fingerprint density at radius 2 is 2.21 bits per heavy atom. The predicted molar refractivity (Wildman–Crippen MR) is 94.0 cm³/mol. The SMILES string of the molecule is O=C(CC1CSCCN1)NCCc1ccn(-c2ccc(F)cc2)n1. The van der Waals surface area contributed by atoms with E-state index in [4.69, 9.17) is 0 Å². The summed E-state index contributed by atoms with van der Waals surface area (Å²) in [6.07, 6.45) is 3.04. The minimum absolute atomic E-state index is 0.0768. The number of nitrogens with zero attached hydrogens (tertiary/aromatic N) is 2. The fraction of sp³-hybridized carbons (Fsp3) is 0.412. The van der Waals surface area contributed by atoms with Gasteiger partial charge < -0.3 is 10.6 Å². The number of halogens is 1. The Hall–Kier alpha value is -1.86. The van der Waals surface area contributed by atoms with Crippen LogP contribution in [0.5, 0.6) is 0 Å². The van der Waals surface area contributed by atoms with Gasteiger partial charge in [0.2, 0.25) is 5.91 Å². The van der Waals surface area contributed by atoms with Gasteiger partial charge in [0.25, 0.3) is 0 Å². The van der Waals surface area contributed by atoms with Crippen LogP contribution in [0.25, 0.3) is 5.69 Å². The van der Waals surface area contributed by atoms with E-state index >= 15 is 0 Å². The standard InChI is InChI=1S/C17H21FN4OS/c18-13-1-3-16(4-2-13)22-9-6-14(21-22)5-7-20-17(23)11-15-12-24-10-8-19-15/h1-4,6,9,15,19H,5,7-8,10-12H2,(H,20,23). The van der Waals surface area contributed by atoms with Gasteiger partial charge in [-0.2, -0.15) is 16.9 Å². The average Bonchev–Trinajstić information content (AvgIpc) is 3.05. The van der Waals surface area contributed by atoms with Crippen LogP contribution in [0.4, 0.5) is 4.39 Å². The molecule has 1 aromatic carbocycles. The van der Waals surface area contributed by atoms with Crippen LogP contribution < -0.4 is 10.6 Å². The zero-order chi connectivity index (χ0) is 16.8. The summed E-state index contributed by atoms with van der Waals surface area (Å²) in [6.45, 7) is 1.54. The molecule has 1 saturated heterocycles. The lowest BCUT2D eigenvalue weighted by Gasteiger charge is -2.22. The number of rotatable bonds is 6. The van der Waals surface area contributed by atoms with Gasteiger partial charge in [0.05, 0.1) is 11.4 Å². The summed E-state index contributed by atoms with van der Waals surface area (Å²) in [6, 6.07) is 8.38. The van der Waals surface area contributed by atoms with Crippen molar-refractivity contribution in [3.63, 3.8) is 0 Å². The highest BCUT2D eigenvalue weighted by Gasteiger charge is 2.16. The van der Waals surface area contributed by atoms with Gasteiger partial charge >= 0.3 is 0 Å². The molecule has 1 aliphatic rings. The molecular weight excluding hydrogens is 327 g/mol. The highest BCUT2D eigenvalue weighted by Crippen LogP contribution is 2.10. The Kier molecular flexibility index (Phi) is 5.87. The molecule has 1 aromatic heterocycles. The Morgan fingerprint density at radius 3 is 2.96 bits per heavy atom. The maximum Gasteiger partial charge on any atom is 0.221 e. The molecule has 1 fully saturated rings. The van der Waals surface area contributed by atoms with Crippen LogP contribution in [0.3, 0.4) is 0 Å². The smallest absolute Gasteiger partial charge is 0.221 e. The van der Waals surface area contributed by atoms with E-state index in [-0.39, 0.29) is 17.8 Å². The molecular formula is C17H21FN4OS. The lowest BCUT2D eigenvalue weighted by Crippen LogP contribution is -2.41. The summed E-state index contributed by atoms with van der Waals surface area (Å²) < 4.78 is 14.7. The number of benzene rings is 1. The molecule has 1 amide bonds. The second-order valence-electron chi connectivity index (χ2n) is 5.76. The van der Waals surface area contributed by atoms with Gasteiger partial charge in [-0.25, -0.2) is 9.07 Å². The summed E-state index contributed by atoms with van der Waals surface area (Å²) in [4.78, 5) is 11.9. The van der Waals surface area contributed by atoms with Crippen molar-refractivity contribution in [1.82, 2.24) is 20.4 Å². The molecule has 0 saturated carbocycles. The topological polar surface area (TPSA) is 59.0 Å². The third-order valence-electron chi connectivity index (χ3n) is 3.87. The first-order valence-electron chi connectivity index (χ1n) is 8.09. The first-order chi connectivity index (χ1) is 11.7. The first kappa shape index (κ1) is 17.0. The average molecular weight is 348 g/mol. The van der Waals surface area contributed by atoms with Gasteiger partial charge in [-0.15, -0.1) is 0 Å². The lowest BCUT2D eigenvalue weighted by atomic mass is 10.2. The van der Waals surface area contributed by atoms with Gasteiger partial charge in [-0.1, -0.05) is 0 Å². The minimum atomic E-state index is -0.264. The number of hydrogen-bond acceptors (Lipinski definition) is 4. The Labute approximate surface area is 145 Å². The fourth-order valence-corrected chi connectivity index (χ4v) is 3.56. The Morgan fingerprint density at radius 1 is 1.38 bits per heavy atom. The molecule has 0 radical (unpaired) electrons. The van der Waals surface area contributed by atoms with E-state index in [0.29, 0.717) is 19.4 Å². The molecule has 0 spiro atoms. The zero-order valence-corrected chi connectivity index (χ0v) is 14.2. The zero-order valence-electron chi connectivity index (χ0n) is 13.4. The molecule has 3 rings (SSSR count). The number of aromatic nitrogens is 2. The van der Waals surface area contributed by atoms with Crippen LogP contribution in [-0.4, -0.2) is 46.3 Å². The fourth-order valence-electron chi connectivity index (χ4n) is 2.61. The number of nitrogens with one attached hydrogen (secondary N) is 2. The van der Waals surface area contributed by atoms with Gasteiger partial charge in [0, 0.05) is 49.7 Å². The van der Waals surface area contributed by atoms with E-state index < -0.39 is 0 Å². The molecule has 2 N–H and O–H groups in total. The number of amides is 1. The summed E-state index contributed by atoms with van der Waals surface area (Å²) in [5.41, 5.74) is 1.71. The predicted octanol–water partition coefficient (Wildman–Crippen LogP) is 1.77. The van der Waals surface area contributed by atoms with Crippen molar-refractivity contribution in [2.75, 3.05) is 24.6 Å². The maximum absolute atomic E-state index is 12.9. The Balaban J connectivity index is 1.43. The molecule has 1 aliphatic heterocycles. The first-order valence-corrected chi connectivity index (χ1v) is 9.24. The number of hydrogen-bond donors (Lipinski definition) is 2. The van der Waals surface area contributed by atoms with Crippen LogP contribution in [0.15, 0.2) is 36.5 Å². The van der Waals surface area contributed by atoms with Crippen molar-refractivity contribution in [3.05, 3.63) is 48.0 Å². The second kappa shape index (κ2) is 8.30. The largest absolute Gasteiger partial charge is 0.356 e. The van der Waals surface area contributed by atoms with E-state index in [0.717, 1.165) is 29.4 Å². The molecule has 1 unspecified atom stereocenters. The number of carbonyl (C=O) groups excluding carboxylic acids is 1. The molecule has 24 heavy (non-hydrogen) atoms. The lowest BCUT2D eigenvalue weighted by molar-refractivity contribution is -0.121. The molecule has 1 atom stereocenters. The highest BCUT2D eigenvalue weighted by atomic mass is 32.2. The van der Waals surface area contributed by atoms with Crippen LogP contribution in [0, 0.1) is 5.82 Å². The van der Waals surface area contributed by atoms with E-state index in [9.17, 15) is 9.18 Å². The van der Waals surface area contributed by atoms with Gasteiger partial charge in [0.1, 0.15) is 5.82 Å². The normalized spacial score (nSPS) is 17.6. The number of thioether (sulfide) groups is 1. The van der Waals surface area contributed by atoms with Gasteiger partial charge in [-0.3, -0.25) is 4.79 Å². The summed E-state index contributed by atoms with van der Waals surface area (Å²) in [5.74, 6) is 1.93. The van der Waals surface area contributed by atoms with Gasteiger partial charge in [-0.05, 0) is 30.3 Å². The highest BCUT2D eigenvalue weighted by molar-refractivity contribution is 7.99. The summed E-state index contributed by atoms with van der Waals surface area (Å²) in [7, 11) is 0. The van der Waals surface area contributed by atoms with Crippen molar-refractivity contribution < 1.29 is 9.18 Å². The van der Waals surface area contributed by atoms with E-state index in [1.54, 1.807) is 16.8 Å². The van der Waals surface area contributed by atoms with Crippen molar-refractivity contribution >= 4 is 17.7 Å². The maximum atomic E-state index is 12.9. The van der Waals surface area contributed by atoms with E-state index in [1.165, 1.54) is 12.1 Å².